The van der Waals surface area contributed by atoms with Crippen molar-refractivity contribution >= 4 is 5.96 Å². The fourth-order valence-electron chi connectivity index (χ4n) is 1.55. The van der Waals surface area contributed by atoms with Gasteiger partial charge < -0.3 is 5.32 Å². The van der Waals surface area contributed by atoms with Crippen LogP contribution in [0.15, 0.2) is 4.99 Å². The zero-order valence-corrected chi connectivity index (χ0v) is 9.85. The van der Waals surface area contributed by atoms with Crippen molar-refractivity contribution in [2.75, 3.05) is 6.54 Å². The zero-order chi connectivity index (χ0) is 11.0. The molecular weight excluding hydrogens is 176 g/mol. The van der Waals surface area contributed by atoms with Crippen molar-refractivity contribution in [3.05, 3.63) is 0 Å². The number of nitrogens with zero attached hydrogens (tertiary/aromatic N) is 1. The molecule has 0 aliphatic heterocycles. The number of nitrogens with one attached hydrogen (secondary N) is 2. The Bertz CT molecular complexity index is 165. The third-order valence-electron chi connectivity index (χ3n) is 2.87. The summed E-state index contributed by atoms with van der Waals surface area (Å²) in [7, 11) is 0. The molecule has 0 atom stereocenters. The molecule has 4 N–H and O–H groups in total. The van der Waals surface area contributed by atoms with Gasteiger partial charge in [-0.3, -0.25) is 10.4 Å². The van der Waals surface area contributed by atoms with E-state index in [1.54, 1.807) is 0 Å². The minimum Gasteiger partial charge on any atom is -0.350 e. The highest BCUT2D eigenvalue weighted by molar-refractivity contribution is 5.79. The van der Waals surface area contributed by atoms with Crippen LogP contribution in [0.5, 0.6) is 0 Å². The molecule has 0 fully saturated rings. The van der Waals surface area contributed by atoms with Gasteiger partial charge in [0.1, 0.15) is 0 Å². The van der Waals surface area contributed by atoms with Gasteiger partial charge in [-0.15, -0.1) is 0 Å². The van der Waals surface area contributed by atoms with Crippen molar-refractivity contribution in [1.29, 1.82) is 0 Å². The molecule has 0 aromatic carbocycles. The van der Waals surface area contributed by atoms with E-state index in [4.69, 9.17) is 5.84 Å². The summed E-state index contributed by atoms with van der Waals surface area (Å²) in [5.74, 6) is 6.08. The van der Waals surface area contributed by atoms with E-state index >= 15 is 0 Å². The Balaban J connectivity index is 4.48. The van der Waals surface area contributed by atoms with Crippen LogP contribution < -0.4 is 16.6 Å². The molecule has 0 aromatic rings. The van der Waals surface area contributed by atoms with Crippen LogP contribution in [0.25, 0.3) is 0 Å². The molecular formula is C10H24N4. The van der Waals surface area contributed by atoms with Crippen molar-refractivity contribution in [2.45, 2.75) is 52.5 Å². The number of nitrogens with two attached hydrogens (primary N) is 1. The van der Waals surface area contributed by atoms with Gasteiger partial charge in [-0.25, -0.2) is 5.84 Å². The van der Waals surface area contributed by atoms with Gasteiger partial charge in [0.25, 0.3) is 0 Å². The topological polar surface area (TPSA) is 62.4 Å². The summed E-state index contributed by atoms with van der Waals surface area (Å²) in [5.41, 5.74) is 2.73. The summed E-state index contributed by atoms with van der Waals surface area (Å²) in [4.78, 5) is 4.24. The van der Waals surface area contributed by atoms with Gasteiger partial charge >= 0.3 is 0 Å². The summed E-state index contributed by atoms with van der Waals surface area (Å²) < 4.78 is 0. The molecule has 4 nitrogen and oxygen atoms in total. The van der Waals surface area contributed by atoms with E-state index in [1.165, 1.54) is 0 Å². The second-order valence-electron chi connectivity index (χ2n) is 3.43. The molecule has 0 rings (SSSR count). The Labute approximate surface area is 87.3 Å². The molecule has 0 saturated heterocycles. The van der Waals surface area contributed by atoms with Crippen LogP contribution in [0.1, 0.15) is 47.0 Å². The van der Waals surface area contributed by atoms with E-state index in [9.17, 15) is 0 Å². The van der Waals surface area contributed by atoms with E-state index in [-0.39, 0.29) is 5.54 Å². The van der Waals surface area contributed by atoms with Gasteiger partial charge in [-0.2, -0.15) is 0 Å². The largest absolute Gasteiger partial charge is 0.350 e. The van der Waals surface area contributed by atoms with E-state index in [0.29, 0.717) is 5.96 Å². The fourth-order valence-corrected chi connectivity index (χ4v) is 1.55. The number of aliphatic imine (C=N–C) groups is 1. The first kappa shape index (κ1) is 13.2. The first-order chi connectivity index (χ1) is 6.67. The molecule has 0 saturated carbocycles. The molecule has 0 bridgehead atoms. The standard InChI is InChI=1S/C10H24N4/c1-5-10(6-2,7-3)13-9(14-11)12-8-4/h5-8,11H2,1-4H3,(H2,12,13,14). The van der Waals surface area contributed by atoms with Gasteiger partial charge in [0.15, 0.2) is 0 Å². The average molecular weight is 200 g/mol. The lowest BCUT2D eigenvalue weighted by Gasteiger charge is -2.33. The average Bonchev–Trinajstić information content (AvgIpc) is 2.25. The minimum atomic E-state index is 0.125. The molecule has 0 aliphatic carbocycles. The molecule has 14 heavy (non-hydrogen) atoms. The molecule has 0 spiro atoms. The summed E-state index contributed by atoms with van der Waals surface area (Å²) in [6, 6.07) is 0. The Morgan fingerprint density at radius 3 is 1.93 bits per heavy atom. The summed E-state index contributed by atoms with van der Waals surface area (Å²) in [6.07, 6.45) is 3.22. The maximum absolute atomic E-state index is 5.39. The van der Waals surface area contributed by atoms with Crippen LogP contribution in [-0.4, -0.2) is 18.0 Å². The van der Waals surface area contributed by atoms with E-state index < -0.39 is 0 Å². The Kier molecular flexibility index (Phi) is 6.28. The number of hydrogen-bond donors (Lipinski definition) is 3. The Morgan fingerprint density at radius 2 is 1.64 bits per heavy atom. The quantitative estimate of drug-likeness (QED) is 0.272. The normalized spacial score (nSPS) is 12.8. The first-order valence-corrected chi connectivity index (χ1v) is 5.47. The van der Waals surface area contributed by atoms with E-state index in [2.05, 4.69) is 36.5 Å². The number of hydrogen-bond acceptors (Lipinski definition) is 2. The van der Waals surface area contributed by atoms with Gasteiger partial charge in [-0.05, 0) is 26.2 Å². The molecule has 0 heterocycles. The minimum absolute atomic E-state index is 0.125. The lowest BCUT2D eigenvalue weighted by atomic mass is 9.90. The Hall–Kier alpha value is -0.770. The maximum Gasteiger partial charge on any atom is 0.206 e. The van der Waals surface area contributed by atoms with E-state index in [0.717, 1.165) is 25.8 Å². The monoisotopic (exact) mass is 200 g/mol. The molecule has 0 radical (unpaired) electrons. The fraction of sp³-hybridized carbons (Fsp3) is 0.900. The predicted octanol–water partition coefficient (Wildman–Crippen LogP) is 1.38. The Morgan fingerprint density at radius 1 is 1.14 bits per heavy atom. The van der Waals surface area contributed by atoms with Gasteiger partial charge in [0.2, 0.25) is 5.96 Å². The van der Waals surface area contributed by atoms with Crippen molar-refractivity contribution in [1.82, 2.24) is 10.7 Å². The van der Waals surface area contributed by atoms with Crippen molar-refractivity contribution in [3.63, 3.8) is 0 Å². The summed E-state index contributed by atoms with van der Waals surface area (Å²) in [6.45, 7) is 9.27. The molecule has 0 aromatic heterocycles. The molecule has 0 amide bonds. The van der Waals surface area contributed by atoms with Crippen molar-refractivity contribution in [3.8, 4) is 0 Å². The molecule has 84 valence electrons. The lowest BCUT2D eigenvalue weighted by Crippen LogP contribution is -2.53. The second-order valence-corrected chi connectivity index (χ2v) is 3.43. The second kappa shape index (κ2) is 6.65. The maximum atomic E-state index is 5.39. The highest BCUT2D eigenvalue weighted by Crippen LogP contribution is 2.18. The highest BCUT2D eigenvalue weighted by atomic mass is 15.3. The zero-order valence-electron chi connectivity index (χ0n) is 9.85. The highest BCUT2D eigenvalue weighted by Gasteiger charge is 2.24. The van der Waals surface area contributed by atoms with Crippen LogP contribution in [0.2, 0.25) is 0 Å². The number of guanidine groups is 1. The number of hydrazine groups is 1. The molecule has 0 aliphatic rings. The van der Waals surface area contributed by atoms with Crippen molar-refractivity contribution in [2.24, 2.45) is 10.8 Å². The van der Waals surface area contributed by atoms with Gasteiger partial charge in [0, 0.05) is 12.1 Å². The van der Waals surface area contributed by atoms with Gasteiger partial charge in [-0.1, -0.05) is 20.8 Å². The summed E-state index contributed by atoms with van der Waals surface area (Å²) >= 11 is 0. The van der Waals surface area contributed by atoms with E-state index in [1.807, 2.05) is 6.92 Å². The van der Waals surface area contributed by atoms with Crippen molar-refractivity contribution < 1.29 is 0 Å². The van der Waals surface area contributed by atoms with Crippen LogP contribution in [0.4, 0.5) is 0 Å². The molecule has 0 unspecified atom stereocenters. The third kappa shape index (κ3) is 3.54. The molecule has 4 heteroatoms. The predicted molar refractivity (Wildman–Crippen MR) is 62.0 cm³/mol. The van der Waals surface area contributed by atoms with Crippen LogP contribution in [-0.2, 0) is 0 Å². The number of rotatable bonds is 5. The third-order valence-corrected chi connectivity index (χ3v) is 2.87. The van der Waals surface area contributed by atoms with Gasteiger partial charge in [0.05, 0.1) is 0 Å². The summed E-state index contributed by atoms with van der Waals surface area (Å²) in [5, 5.41) is 3.38. The lowest BCUT2D eigenvalue weighted by molar-refractivity contribution is 0.335. The van der Waals surface area contributed by atoms with Crippen LogP contribution in [0, 0.1) is 0 Å². The SMILES string of the molecule is CCN=C(NN)NC(CC)(CC)CC. The van der Waals surface area contributed by atoms with Crippen LogP contribution in [0.3, 0.4) is 0 Å². The smallest absolute Gasteiger partial charge is 0.206 e. The first-order valence-electron chi connectivity index (χ1n) is 5.47. The van der Waals surface area contributed by atoms with Crippen LogP contribution >= 0.6 is 0 Å².